The van der Waals surface area contributed by atoms with E-state index >= 15 is 0 Å². The van der Waals surface area contributed by atoms with Crippen LogP contribution in [0.3, 0.4) is 0 Å². The second-order valence-corrected chi connectivity index (χ2v) is 5.77. The van der Waals surface area contributed by atoms with Crippen molar-refractivity contribution in [3.63, 3.8) is 0 Å². The van der Waals surface area contributed by atoms with Crippen LogP contribution in [-0.2, 0) is 10.0 Å². The molecule has 0 amide bonds. The molecule has 0 aliphatic rings. The van der Waals surface area contributed by atoms with Crippen LogP contribution in [0.5, 0.6) is 5.75 Å². The third kappa shape index (κ3) is 4.41. The number of hydrogen-bond donors (Lipinski definition) is 1. The van der Waals surface area contributed by atoms with E-state index in [0.29, 0.717) is 6.42 Å². The smallest absolute Gasteiger partial charge is 0.241 e. The molecule has 0 aliphatic heterocycles. The lowest BCUT2D eigenvalue weighted by molar-refractivity contribution is 0.266. The molecule has 108 valence electrons. The van der Waals surface area contributed by atoms with Crippen molar-refractivity contribution in [2.24, 2.45) is 5.14 Å². The fourth-order valence-electron chi connectivity index (χ4n) is 1.41. The Bertz CT molecular complexity index is 547. The van der Waals surface area contributed by atoms with E-state index in [1.807, 2.05) is 19.0 Å². The van der Waals surface area contributed by atoms with Gasteiger partial charge in [0.15, 0.2) is 11.6 Å². The molecule has 0 unspecified atom stereocenters. The highest BCUT2D eigenvalue weighted by Gasteiger charge is 2.21. The standard InChI is InChI=1S/C11H16F2N2O3S/c1-15(2)6-3-7-18-8-4-5-9(19(14,16)17)11(13)10(8)12/h4-5H,3,6-7H2,1-2H3,(H2,14,16,17). The fourth-order valence-corrected chi connectivity index (χ4v) is 2.01. The third-order valence-electron chi connectivity index (χ3n) is 2.33. The summed E-state index contributed by atoms with van der Waals surface area (Å²) in [5.41, 5.74) is 0. The molecule has 0 fully saturated rings. The SMILES string of the molecule is CN(C)CCCOc1ccc(S(N)(=O)=O)c(F)c1F. The molecule has 5 nitrogen and oxygen atoms in total. The van der Waals surface area contributed by atoms with E-state index in [1.165, 1.54) is 0 Å². The Morgan fingerprint density at radius 1 is 1.26 bits per heavy atom. The summed E-state index contributed by atoms with van der Waals surface area (Å²) in [6.45, 7) is 0.933. The zero-order valence-electron chi connectivity index (χ0n) is 10.7. The fraction of sp³-hybridized carbons (Fsp3) is 0.455. The Kier molecular flexibility index (Phi) is 5.21. The summed E-state index contributed by atoms with van der Waals surface area (Å²) < 4.78 is 54.0. The molecule has 0 saturated heterocycles. The van der Waals surface area contributed by atoms with Crippen molar-refractivity contribution in [2.45, 2.75) is 11.3 Å². The van der Waals surface area contributed by atoms with Crippen LogP contribution in [0, 0.1) is 11.6 Å². The number of hydrogen-bond acceptors (Lipinski definition) is 4. The average Bonchev–Trinajstić information content (AvgIpc) is 2.27. The molecule has 8 heteroatoms. The van der Waals surface area contributed by atoms with E-state index in [0.717, 1.165) is 18.7 Å². The molecular weight excluding hydrogens is 278 g/mol. The Morgan fingerprint density at radius 2 is 1.89 bits per heavy atom. The monoisotopic (exact) mass is 294 g/mol. The Balaban J connectivity index is 2.80. The van der Waals surface area contributed by atoms with E-state index in [9.17, 15) is 17.2 Å². The number of nitrogens with two attached hydrogens (primary N) is 1. The van der Waals surface area contributed by atoms with Gasteiger partial charge in [-0.3, -0.25) is 0 Å². The third-order valence-corrected chi connectivity index (χ3v) is 3.25. The van der Waals surface area contributed by atoms with E-state index in [4.69, 9.17) is 9.88 Å². The highest BCUT2D eigenvalue weighted by Crippen LogP contribution is 2.24. The van der Waals surface area contributed by atoms with E-state index in [1.54, 1.807) is 0 Å². The number of halogens is 2. The number of sulfonamides is 1. The van der Waals surface area contributed by atoms with Gasteiger partial charge in [0.25, 0.3) is 0 Å². The van der Waals surface area contributed by atoms with Crippen LogP contribution in [0.1, 0.15) is 6.42 Å². The summed E-state index contributed by atoms with van der Waals surface area (Å²) in [6, 6.07) is 1.93. The summed E-state index contributed by atoms with van der Waals surface area (Å²) in [5, 5.41) is 4.75. The molecule has 1 aromatic carbocycles. The highest BCUT2D eigenvalue weighted by molar-refractivity contribution is 7.89. The largest absolute Gasteiger partial charge is 0.490 e. The maximum Gasteiger partial charge on any atom is 0.241 e. The number of primary sulfonamides is 1. The first-order valence-electron chi connectivity index (χ1n) is 5.52. The van der Waals surface area contributed by atoms with Gasteiger partial charge in [0.05, 0.1) is 6.61 Å². The molecule has 0 aliphatic carbocycles. The summed E-state index contributed by atoms with van der Waals surface area (Å²) in [4.78, 5) is 1.04. The molecule has 0 bridgehead atoms. The van der Waals surface area contributed by atoms with Gasteiger partial charge in [-0.05, 0) is 32.6 Å². The van der Waals surface area contributed by atoms with E-state index in [-0.39, 0.29) is 12.4 Å². The molecule has 0 atom stereocenters. The first-order valence-corrected chi connectivity index (χ1v) is 7.06. The van der Waals surface area contributed by atoms with Crippen LogP contribution in [-0.4, -0.2) is 40.6 Å². The van der Waals surface area contributed by atoms with Gasteiger partial charge in [-0.15, -0.1) is 0 Å². The first kappa shape index (κ1) is 15.8. The lowest BCUT2D eigenvalue weighted by Gasteiger charge is -2.11. The number of nitrogens with zero attached hydrogens (tertiary/aromatic N) is 1. The summed E-state index contributed by atoms with van der Waals surface area (Å²) >= 11 is 0. The van der Waals surface area contributed by atoms with Crippen LogP contribution in [0.4, 0.5) is 8.78 Å². The van der Waals surface area contributed by atoms with Gasteiger partial charge in [0.2, 0.25) is 15.8 Å². The van der Waals surface area contributed by atoms with Crippen LogP contribution in [0.25, 0.3) is 0 Å². The number of ether oxygens (including phenoxy) is 1. The summed E-state index contributed by atoms with van der Waals surface area (Å²) in [7, 11) is -0.534. The van der Waals surface area contributed by atoms with Crippen molar-refractivity contribution in [3.05, 3.63) is 23.8 Å². The van der Waals surface area contributed by atoms with Crippen LogP contribution in [0.15, 0.2) is 17.0 Å². The van der Waals surface area contributed by atoms with Crippen LogP contribution < -0.4 is 9.88 Å². The molecule has 2 N–H and O–H groups in total. The summed E-state index contributed by atoms with van der Waals surface area (Å²) in [6.07, 6.45) is 0.630. The lowest BCUT2D eigenvalue weighted by Crippen LogP contribution is -2.17. The maximum atomic E-state index is 13.5. The van der Waals surface area contributed by atoms with Gasteiger partial charge < -0.3 is 9.64 Å². The Morgan fingerprint density at radius 3 is 2.42 bits per heavy atom. The molecule has 0 heterocycles. The predicted molar refractivity (Wildman–Crippen MR) is 66.4 cm³/mol. The molecule has 1 aromatic rings. The minimum atomic E-state index is -4.29. The topological polar surface area (TPSA) is 72.6 Å². The Labute approximate surface area is 111 Å². The van der Waals surface area contributed by atoms with Gasteiger partial charge in [-0.25, -0.2) is 17.9 Å². The molecule has 0 spiro atoms. The first-order chi connectivity index (χ1) is 8.73. The van der Waals surface area contributed by atoms with Gasteiger partial charge in [-0.1, -0.05) is 0 Å². The second kappa shape index (κ2) is 6.27. The van der Waals surface area contributed by atoms with Crippen molar-refractivity contribution in [1.82, 2.24) is 4.90 Å². The minimum Gasteiger partial charge on any atom is -0.490 e. The number of benzene rings is 1. The highest BCUT2D eigenvalue weighted by atomic mass is 32.2. The lowest BCUT2D eigenvalue weighted by atomic mass is 10.3. The van der Waals surface area contributed by atoms with E-state index in [2.05, 4.69) is 0 Å². The van der Waals surface area contributed by atoms with Crippen molar-refractivity contribution in [1.29, 1.82) is 0 Å². The molecule has 0 aromatic heterocycles. The zero-order chi connectivity index (χ0) is 14.6. The normalized spacial score (nSPS) is 11.9. The minimum absolute atomic E-state index is 0.198. The zero-order valence-corrected chi connectivity index (χ0v) is 11.5. The van der Waals surface area contributed by atoms with Crippen molar-refractivity contribution < 1.29 is 21.9 Å². The maximum absolute atomic E-state index is 13.5. The average molecular weight is 294 g/mol. The molecule has 1 rings (SSSR count). The van der Waals surface area contributed by atoms with Gasteiger partial charge in [-0.2, -0.15) is 4.39 Å². The second-order valence-electron chi connectivity index (χ2n) is 4.24. The van der Waals surface area contributed by atoms with E-state index < -0.39 is 26.6 Å². The quantitative estimate of drug-likeness (QED) is 0.793. The number of rotatable bonds is 6. The predicted octanol–water partition coefficient (Wildman–Crippen LogP) is 0.943. The molecule has 0 saturated carbocycles. The van der Waals surface area contributed by atoms with Gasteiger partial charge >= 0.3 is 0 Å². The van der Waals surface area contributed by atoms with Gasteiger partial charge in [0.1, 0.15) is 4.90 Å². The summed E-state index contributed by atoms with van der Waals surface area (Å²) in [5.74, 6) is -3.20. The molecular formula is C11H16F2N2O3S. The van der Waals surface area contributed by atoms with Crippen molar-refractivity contribution in [2.75, 3.05) is 27.2 Å². The van der Waals surface area contributed by atoms with Crippen LogP contribution in [0.2, 0.25) is 0 Å². The van der Waals surface area contributed by atoms with Crippen molar-refractivity contribution in [3.8, 4) is 5.75 Å². The van der Waals surface area contributed by atoms with Crippen molar-refractivity contribution >= 4 is 10.0 Å². The van der Waals surface area contributed by atoms with Gasteiger partial charge in [0, 0.05) is 6.54 Å². The molecule has 0 radical (unpaired) electrons. The Hall–Kier alpha value is -1.25. The van der Waals surface area contributed by atoms with Crippen LogP contribution >= 0.6 is 0 Å². The molecule has 19 heavy (non-hydrogen) atoms.